The summed E-state index contributed by atoms with van der Waals surface area (Å²) in [5, 5.41) is 4.22. The van der Waals surface area contributed by atoms with Gasteiger partial charge in [0.25, 0.3) is 0 Å². The Labute approximate surface area is 153 Å². The van der Waals surface area contributed by atoms with Crippen molar-refractivity contribution >= 4 is 5.91 Å². The second-order valence-electron chi connectivity index (χ2n) is 6.81. The lowest BCUT2D eigenvalue weighted by Gasteiger charge is -2.34. The molecule has 0 bridgehead atoms. The third-order valence-electron chi connectivity index (χ3n) is 5.07. The van der Waals surface area contributed by atoms with Crippen LogP contribution in [-0.4, -0.2) is 43.2 Å². The Bertz CT molecular complexity index is 866. The zero-order chi connectivity index (χ0) is 17.9. The number of likely N-dealkylation sites (tertiary alicyclic amines) is 1. The first-order valence-electron chi connectivity index (χ1n) is 9.07. The van der Waals surface area contributed by atoms with Gasteiger partial charge in [-0.3, -0.25) is 4.79 Å². The molecule has 26 heavy (non-hydrogen) atoms. The Morgan fingerprint density at radius 2 is 2.04 bits per heavy atom. The van der Waals surface area contributed by atoms with Crippen molar-refractivity contribution in [3.63, 3.8) is 0 Å². The Kier molecular flexibility index (Phi) is 4.56. The molecule has 1 aromatic carbocycles. The molecule has 3 heterocycles. The van der Waals surface area contributed by atoms with E-state index in [0.29, 0.717) is 12.5 Å². The van der Waals surface area contributed by atoms with Gasteiger partial charge in [0, 0.05) is 37.9 Å². The first-order chi connectivity index (χ1) is 12.7. The van der Waals surface area contributed by atoms with Gasteiger partial charge in [0.1, 0.15) is 5.82 Å². The maximum absolute atomic E-state index is 12.8. The number of carbonyl (C=O) groups excluding carboxylic acids is 1. The summed E-state index contributed by atoms with van der Waals surface area (Å²) in [6, 6.07) is 10.3. The summed E-state index contributed by atoms with van der Waals surface area (Å²) in [4.78, 5) is 19.1. The van der Waals surface area contributed by atoms with Gasteiger partial charge in [-0.2, -0.15) is 5.10 Å². The van der Waals surface area contributed by atoms with Crippen LogP contribution in [0.25, 0.3) is 5.69 Å². The normalized spacial score (nSPS) is 17.4. The topological polar surface area (TPSA) is 56.0 Å². The number of benzene rings is 1. The molecule has 2 aromatic heterocycles. The molecular weight excluding hydrogens is 326 g/mol. The lowest BCUT2D eigenvalue weighted by Crippen LogP contribution is -2.41. The van der Waals surface area contributed by atoms with E-state index in [1.54, 1.807) is 6.20 Å². The molecule has 0 N–H and O–H groups in total. The molecule has 4 rings (SSSR count). The van der Waals surface area contributed by atoms with Crippen LogP contribution in [0.5, 0.6) is 0 Å². The molecule has 1 atom stereocenters. The summed E-state index contributed by atoms with van der Waals surface area (Å²) in [6.07, 6.45) is 10.1. The molecule has 0 spiro atoms. The average Bonchev–Trinajstić information content (AvgIpc) is 3.34. The quantitative estimate of drug-likeness (QED) is 0.728. The SMILES string of the molecule is Cc1nccn1C1CCCN(C(=O)Cc2ccc(-n3cccn3)cc2)C1. The van der Waals surface area contributed by atoms with E-state index in [-0.39, 0.29) is 5.91 Å². The number of amides is 1. The van der Waals surface area contributed by atoms with Crippen LogP contribution in [0.1, 0.15) is 30.3 Å². The van der Waals surface area contributed by atoms with E-state index >= 15 is 0 Å². The fourth-order valence-electron chi connectivity index (χ4n) is 3.66. The summed E-state index contributed by atoms with van der Waals surface area (Å²) < 4.78 is 4.01. The van der Waals surface area contributed by atoms with Crippen molar-refractivity contribution in [2.75, 3.05) is 13.1 Å². The number of piperidine rings is 1. The number of imidazole rings is 1. The van der Waals surface area contributed by atoms with Gasteiger partial charge in [-0.15, -0.1) is 0 Å². The smallest absolute Gasteiger partial charge is 0.227 e. The molecule has 1 aliphatic heterocycles. The lowest BCUT2D eigenvalue weighted by atomic mass is 10.0. The molecule has 0 saturated carbocycles. The van der Waals surface area contributed by atoms with Crippen LogP contribution in [0.15, 0.2) is 55.1 Å². The van der Waals surface area contributed by atoms with Gasteiger partial charge in [-0.1, -0.05) is 12.1 Å². The molecule has 6 heteroatoms. The molecule has 134 valence electrons. The summed E-state index contributed by atoms with van der Waals surface area (Å²) in [5.41, 5.74) is 2.03. The predicted octanol–water partition coefficient (Wildman–Crippen LogP) is 2.78. The minimum absolute atomic E-state index is 0.194. The first kappa shape index (κ1) is 16.6. The van der Waals surface area contributed by atoms with Crippen molar-refractivity contribution in [1.29, 1.82) is 0 Å². The third-order valence-corrected chi connectivity index (χ3v) is 5.07. The van der Waals surface area contributed by atoms with Gasteiger partial charge in [0.05, 0.1) is 18.2 Å². The van der Waals surface area contributed by atoms with Gasteiger partial charge in [-0.05, 0) is 43.5 Å². The molecule has 6 nitrogen and oxygen atoms in total. The first-order valence-corrected chi connectivity index (χ1v) is 9.07. The average molecular weight is 349 g/mol. The van der Waals surface area contributed by atoms with E-state index in [0.717, 1.165) is 43.0 Å². The number of hydrogen-bond donors (Lipinski definition) is 0. The van der Waals surface area contributed by atoms with Crippen LogP contribution in [-0.2, 0) is 11.2 Å². The Hall–Kier alpha value is -2.89. The number of carbonyl (C=O) groups is 1. The molecule has 1 amide bonds. The zero-order valence-electron chi connectivity index (χ0n) is 15.0. The van der Waals surface area contributed by atoms with Crippen molar-refractivity contribution in [3.8, 4) is 5.69 Å². The number of aryl methyl sites for hydroxylation is 1. The van der Waals surface area contributed by atoms with Crippen LogP contribution in [0.3, 0.4) is 0 Å². The van der Waals surface area contributed by atoms with Crippen molar-refractivity contribution in [2.45, 2.75) is 32.2 Å². The maximum Gasteiger partial charge on any atom is 0.227 e. The minimum Gasteiger partial charge on any atom is -0.340 e. The van der Waals surface area contributed by atoms with E-state index in [1.807, 2.05) is 65.4 Å². The molecule has 3 aromatic rings. The number of hydrogen-bond acceptors (Lipinski definition) is 3. The predicted molar refractivity (Wildman–Crippen MR) is 99.1 cm³/mol. The molecule has 1 aliphatic rings. The lowest BCUT2D eigenvalue weighted by molar-refractivity contribution is -0.132. The number of aromatic nitrogens is 4. The van der Waals surface area contributed by atoms with Crippen molar-refractivity contribution in [2.24, 2.45) is 0 Å². The highest BCUT2D eigenvalue weighted by Gasteiger charge is 2.25. The molecule has 1 unspecified atom stereocenters. The van der Waals surface area contributed by atoms with E-state index < -0.39 is 0 Å². The van der Waals surface area contributed by atoms with Gasteiger partial charge in [0.2, 0.25) is 5.91 Å². The fourth-order valence-corrected chi connectivity index (χ4v) is 3.66. The van der Waals surface area contributed by atoms with Crippen LogP contribution in [0.2, 0.25) is 0 Å². The maximum atomic E-state index is 12.8. The molecule has 0 radical (unpaired) electrons. The van der Waals surface area contributed by atoms with Gasteiger partial charge in [-0.25, -0.2) is 9.67 Å². The summed E-state index contributed by atoms with van der Waals surface area (Å²) in [6.45, 7) is 3.62. The van der Waals surface area contributed by atoms with Crippen molar-refractivity contribution in [1.82, 2.24) is 24.2 Å². The second kappa shape index (κ2) is 7.15. The van der Waals surface area contributed by atoms with E-state index in [2.05, 4.69) is 14.6 Å². The third kappa shape index (κ3) is 3.40. The number of nitrogens with zero attached hydrogens (tertiary/aromatic N) is 5. The van der Waals surface area contributed by atoms with Crippen molar-refractivity contribution < 1.29 is 4.79 Å². The zero-order valence-corrected chi connectivity index (χ0v) is 15.0. The molecular formula is C20H23N5O. The minimum atomic E-state index is 0.194. The molecule has 1 fully saturated rings. The monoisotopic (exact) mass is 349 g/mol. The van der Waals surface area contributed by atoms with Gasteiger partial charge < -0.3 is 9.47 Å². The van der Waals surface area contributed by atoms with Crippen LogP contribution in [0.4, 0.5) is 0 Å². The highest BCUT2D eigenvalue weighted by atomic mass is 16.2. The van der Waals surface area contributed by atoms with E-state index in [4.69, 9.17) is 0 Å². The molecule has 1 saturated heterocycles. The standard InChI is InChI=1S/C20H23N5O/c1-16-21-10-13-24(16)19-4-2-11-23(15-19)20(26)14-17-5-7-18(8-6-17)25-12-3-9-22-25/h3,5-10,12-13,19H,2,4,11,14-15H2,1H3. The van der Waals surface area contributed by atoms with E-state index in [1.165, 1.54) is 0 Å². The Morgan fingerprint density at radius 3 is 2.73 bits per heavy atom. The molecule has 0 aliphatic carbocycles. The summed E-state index contributed by atoms with van der Waals surface area (Å²) in [7, 11) is 0. The second-order valence-corrected chi connectivity index (χ2v) is 6.81. The number of rotatable bonds is 4. The van der Waals surface area contributed by atoms with Crippen LogP contribution >= 0.6 is 0 Å². The largest absolute Gasteiger partial charge is 0.340 e. The highest BCUT2D eigenvalue weighted by molar-refractivity contribution is 5.79. The summed E-state index contributed by atoms with van der Waals surface area (Å²) in [5.74, 6) is 1.21. The summed E-state index contributed by atoms with van der Waals surface area (Å²) >= 11 is 0. The van der Waals surface area contributed by atoms with Gasteiger partial charge >= 0.3 is 0 Å². The van der Waals surface area contributed by atoms with Gasteiger partial charge in [0.15, 0.2) is 0 Å². The van der Waals surface area contributed by atoms with E-state index in [9.17, 15) is 4.79 Å². The van der Waals surface area contributed by atoms with Crippen LogP contribution in [0, 0.1) is 6.92 Å². The fraction of sp³-hybridized carbons (Fsp3) is 0.350. The van der Waals surface area contributed by atoms with Crippen LogP contribution < -0.4 is 0 Å². The Morgan fingerprint density at radius 1 is 1.19 bits per heavy atom. The Balaban J connectivity index is 1.40. The highest BCUT2D eigenvalue weighted by Crippen LogP contribution is 2.23. The van der Waals surface area contributed by atoms with Crippen molar-refractivity contribution in [3.05, 3.63) is 66.5 Å².